The molecule has 0 amide bonds. The van der Waals surface area contributed by atoms with Crippen molar-refractivity contribution in [3.05, 3.63) is 53.7 Å². The average molecular weight is 315 g/mol. The third-order valence-corrected chi connectivity index (χ3v) is 3.17. The Balaban J connectivity index is 2.23. The average Bonchev–Trinajstić information content (AvgIpc) is 2.45. The van der Waals surface area contributed by atoms with Gasteiger partial charge in [0.05, 0.1) is 5.56 Å². The predicted octanol–water partition coefficient (Wildman–Crippen LogP) is 5.02. The normalized spacial score (nSPS) is 11.4. The Morgan fingerprint density at radius 1 is 1.14 bits per heavy atom. The van der Waals surface area contributed by atoms with Gasteiger partial charge in [0.2, 0.25) is 0 Å². The van der Waals surface area contributed by atoms with Gasteiger partial charge in [-0.15, -0.1) is 11.6 Å². The van der Waals surface area contributed by atoms with Crippen LogP contribution >= 0.6 is 11.6 Å². The fourth-order valence-corrected chi connectivity index (χ4v) is 2.08. The van der Waals surface area contributed by atoms with E-state index >= 15 is 0 Å². The Labute approximate surface area is 126 Å². The van der Waals surface area contributed by atoms with Crippen molar-refractivity contribution < 1.29 is 13.2 Å². The zero-order chi connectivity index (χ0) is 15.3. The van der Waals surface area contributed by atoms with E-state index in [2.05, 4.69) is 10.3 Å². The largest absolute Gasteiger partial charge is 0.419 e. The van der Waals surface area contributed by atoms with Crippen LogP contribution in [0.2, 0.25) is 0 Å². The van der Waals surface area contributed by atoms with Gasteiger partial charge in [0.1, 0.15) is 5.82 Å². The van der Waals surface area contributed by atoms with Crippen LogP contribution in [0.5, 0.6) is 0 Å². The number of nitrogens with one attached hydrogen (secondary N) is 1. The Kier molecular flexibility index (Phi) is 5.07. The third kappa shape index (κ3) is 4.36. The van der Waals surface area contributed by atoms with Gasteiger partial charge in [-0.2, -0.15) is 13.2 Å². The number of anilines is 2. The molecule has 21 heavy (non-hydrogen) atoms. The molecule has 0 aliphatic heterocycles. The first kappa shape index (κ1) is 15.6. The van der Waals surface area contributed by atoms with Crippen LogP contribution in [0, 0.1) is 0 Å². The van der Waals surface area contributed by atoms with Gasteiger partial charge in [0.25, 0.3) is 0 Å². The summed E-state index contributed by atoms with van der Waals surface area (Å²) in [7, 11) is 0. The molecule has 1 N–H and O–H groups in total. The molecule has 0 fully saturated rings. The first-order valence-corrected chi connectivity index (χ1v) is 6.98. The standard InChI is InChI=1S/C15H14ClF3N2/c16-8-2-5-11-4-1-6-12(10-11)21-14-13(15(17,18)19)7-3-9-20-14/h1,3-4,6-7,9-10H,2,5,8H2,(H,20,21). The highest BCUT2D eigenvalue weighted by Gasteiger charge is 2.34. The van der Waals surface area contributed by atoms with Crippen LogP contribution in [0.4, 0.5) is 24.7 Å². The van der Waals surface area contributed by atoms with Crippen molar-refractivity contribution in [2.45, 2.75) is 19.0 Å². The molecule has 0 aliphatic rings. The molecule has 0 saturated carbocycles. The minimum atomic E-state index is -4.44. The zero-order valence-corrected chi connectivity index (χ0v) is 11.9. The molecule has 2 rings (SSSR count). The molecule has 0 bridgehead atoms. The highest BCUT2D eigenvalue weighted by atomic mass is 35.5. The fourth-order valence-electron chi connectivity index (χ4n) is 1.95. The second kappa shape index (κ2) is 6.80. The van der Waals surface area contributed by atoms with Gasteiger partial charge in [0, 0.05) is 17.8 Å². The van der Waals surface area contributed by atoms with E-state index in [0.717, 1.165) is 24.5 Å². The lowest BCUT2D eigenvalue weighted by Crippen LogP contribution is -2.10. The Hall–Kier alpha value is -1.75. The van der Waals surface area contributed by atoms with E-state index in [-0.39, 0.29) is 5.82 Å². The maximum Gasteiger partial charge on any atom is 0.419 e. The summed E-state index contributed by atoms with van der Waals surface area (Å²) in [6.07, 6.45) is -1.50. The molecule has 0 radical (unpaired) electrons. The molecular weight excluding hydrogens is 301 g/mol. The van der Waals surface area contributed by atoms with Gasteiger partial charge < -0.3 is 5.32 Å². The van der Waals surface area contributed by atoms with Gasteiger partial charge in [-0.1, -0.05) is 12.1 Å². The molecule has 0 spiro atoms. The second-order valence-corrected chi connectivity index (χ2v) is 4.89. The highest BCUT2D eigenvalue weighted by molar-refractivity contribution is 6.17. The van der Waals surface area contributed by atoms with Crippen LogP contribution in [0.3, 0.4) is 0 Å². The van der Waals surface area contributed by atoms with Gasteiger partial charge in [0.15, 0.2) is 0 Å². The molecule has 0 atom stereocenters. The maximum atomic E-state index is 12.9. The summed E-state index contributed by atoms with van der Waals surface area (Å²) in [5, 5.41) is 2.73. The van der Waals surface area contributed by atoms with Crippen molar-refractivity contribution in [2.75, 3.05) is 11.2 Å². The summed E-state index contributed by atoms with van der Waals surface area (Å²) in [5.74, 6) is 0.357. The van der Waals surface area contributed by atoms with Crippen molar-refractivity contribution in [1.29, 1.82) is 0 Å². The number of aryl methyl sites for hydroxylation is 1. The topological polar surface area (TPSA) is 24.9 Å². The molecular formula is C15H14ClF3N2. The lowest BCUT2D eigenvalue weighted by molar-refractivity contribution is -0.137. The molecule has 6 heteroatoms. The SMILES string of the molecule is FC(F)(F)c1cccnc1Nc1cccc(CCCCl)c1. The molecule has 0 saturated heterocycles. The quantitative estimate of drug-likeness (QED) is 0.784. The number of aromatic nitrogens is 1. The molecule has 1 aromatic carbocycles. The first-order chi connectivity index (χ1) is 10.0. The van der Waals surface area contributed by atoms with Crippen molar-refractivity contribution in [3.8, 4) is 0 Å². The van der Waals surface area contributed by atoms with Gasteiger partial charge >= 0.3 is 6.18 Å². The van der Waals surface area contributed by atoms with Crippen molar-refractivity contribution in [3.63, 3.8) is 0 Å². The number of hydrogen-bond donors (Lipinski definition) is 1. The van der Waals surface area contributed by atoms with Crippen LogP contribution in [-0.2, 0) is 12.6 Å². The summed E-state index contributed by atoms with van der Waals surface area (Å²) >= 11 is 5.64. The molecule has 0 aliphatic carbocycles. The zero-order valence-electron chi connectivity index (χ0n) is 11.1. The Bertz CT molecular complexity index is 599. The summed E-state index contributed by atoms with van der Waals surface area (Å²) in [4.78, 5) is 3.78. The fraction of sp³-hybridized carbons (Fsp3) is 0.267. The summed E-state index contributed by atoms with van der Waals surface area (Å²) < 4.78 is 38.7. The second-order valence-electron chi connectivity index (χ2n) is 4.52. The van der Waals surface area contributed by atoms with E-state index in [1.54, 1.807) is 18.2 Å². The number of hydrogen-bond acceptors (Lipinski definition) is 2. The lowest BCUT2D eigenvalue weighted by atomic mass is 10.1. The van der Waals surface area contributed by atoms with Crippen molar-refractivity contribution in [1.82, 2.24) is 4.98 Å². The smallest absolute Gasteiger partial charge is 0.340 e. The number of nitrogens with zero attached hydrogens (tertiary/aromatic N) is 1. The first-order valence-electron chi connectivity index (χ1n) is 6.45. The monoisotopic (exact) mass is 314 g/mol. The van der Waals surface area contributed by atoms with Crippen LogP contribution in [0.15, 0.2) is 42.6 Å². The Morgan fingerprint density at radius 3 is 2.67 bits per heavy atom. The van der Waals surface area contributed by atoms with Crippen LogP contribution < -0.4 is 5.32 Å². The number of rotatable bonds is 5. The Morgan fingerprint density at radius 2 is 1.95 bits per heavy atom. The van der Waals surface area contributed by atoms with E-state index in [0.29, 0.717) is 11.6 Å². The minimum Gasteiger partial charge on any atom is -0.340 e. The number of pyridine rings is 1. The van der Waals surface area contributed by atoms with E-state index in [1.807, 2.05) is 6.07 Å². The number of benzene rings is 1. The van der Waals surface area contributed by atoms with Gasteiger partial charge in [-0.3, -0.25) is 0 Å². The molecule has 112 valence electrons. The van der Waals surface area contributed by atoms with Crippen molar-refractivity contribution in [2.24, 2.45) is 0 Å². The third-order valence-electron chi connectivity index (χ3n) is 2.90. The number of halogens is 4. The summed E-state index contributed by atoms with van der Waals surface area (Å²) in [5.41, 5.74) is 0.813. The van der Waals surface area contributed by atoms with Crippen LogP contribution in [-0.4, -0.2) is 10.9 Å². The maximum absolute atomic E-state index is 12.9. The van der Waals surface area contributed by atoms with E-state index in [9.17, 15) is 13.2 Å². The van der Waals surface area contributed by atoms with Crippen molar-refractivity contribution >= 4 is 23.1 Å². The minimum absolute atomic E-state index is 0.195. The summed E-state index contributed by atoms with van der Waals surface area (Å²) in [6.45, 7) is 0. The van der Waals surface area contributed by atoms with E-state index in [1.165, 1.54) is 12.3 Å². The van der Waals surface area contributed by atoms with Crippen LogP contribution in [0.25, 0.3) is 0 Å². The lowest BCUT2D eigenvalue weighted by Gasteiger charge is -2.13. The predicted molar refractivity (Wildman–Crippen MR) is 78.0 cm³/mol. The van der Waals surface area contributed by atoms with E-state index in [4.69, 9.17) is 11.6 Å². The molecule has 0 unspecified atom stereocenters. The van der Waals surface area contributed by atoms with E-state index < -0.39 is 11.7 Å². The molecule has 2 nitrogen and oxygen atoms in total. The number of alkyl halides is 4. The highest BCUT2D eigenvalue weighted by Crippen LogP contribution is 2.34. The molecule has 2 aromatic rings. The summed E-state index contributed by atoms with van der Waals surface area (Å²) in [6, 6.07) is 9.50. The van der Waals surface area contributed by atoms with Gasteiger partial charge in [-0.25, -0.2) is 4.98 Å². The molecule has 1 heterocycles. The molecule has 1 aromatic heterocycles. The van der Waals surface area contributed by atoms with Crippen LogP contribution in [0.1, 0.15) is 17.5 Å². The van der Waals surface area contributed by atoms with Gasteiger partial charge in [-0.05, 0) is 42.7 Å².